The molecule has 0 radical (unpaired) electrons. The predicted molar refractivity (Wildman–Crippen MR) is 129 cm³/mol. The fraction of sp³-hybridized carbons (Fsp3) is 0.556. The van der Waals surface area contributed by atoms with Gasteiger partial charge in [-0.05, 0) is 38.5 Å². The maximum absolute atomic E-state index is 11.6. The maximum Gasteiger partial charge on any atom is 0.330 e. The Bertz CT molecular complexity index is 1210. The minimum Gasteiger partial charge on any atom is -0.394 e. The molecule has 0 aliphatic carbocycles. The maximum atomic E-state index is 11.6. The summed E-state index contributed by atoms with van der Waals surface area (Å²) in [5.74, 6) is 0. The highest BCUT2D eigenvalue weighted by Crippen LogP contribution is 2.29. The molecule has 2 saturated heterocycles. The van der Waals surface area contributed by atoms with Gasteiger partial charge in [-0.2, -0.15) is 0 Å². The zero-order valence-corrected chi connectivity index (χ0v) is 21.7. The zero-order chi connectivity index (χ0) is 26.9. The standard InChI is InChI=1S/C9H11BrN2O6.C9H11IN2O6/c2*10-3-1-12(9(17)11-7(3)16)8-6(15)5(14)4(2-13)18-8/h2*1,4-6,8,13-15H,2H2,(H,11,16,17)/t2*4-,5-,6-,8-/m11/s1. The molecule has 18 heteroatoms. The van der Waals surface area contributed by atoms with Crippen molar-refractivity contribution in [3.63, 3.8) is 0 Å². The molecule has 8 N–H and O–H groups in total. The van der Waals surface area contributed by atoms with Crippen molar-refractivity contribution >= 4 is 38.5 Å². The average molecular weight is 693 g/mol. The Morgan fingerprint density at radius 1 is 0.778 bits per heavy atom. The number of aromatic amines is 2. The Morgan fingerprint density at radius 2 is 1.19 bits per heavy atom. The van der Waals surface area contributed by atoms with Crippen LogP contribution >= 0.6 is 38.5 Å². The fourth-order valence-electron chi connectivity index (χ4n) is 3.52. The molecule has 16 nitrogen and oxygen atoms in total. The van der Waals surface area contributed by atoms with Crippen molar-refractivity contribution in [2.24, 2.45) is 0 Å². The van der Waals surface area contributed by atoms with Crippen LogP contribution in [0.5, 0.6) is 0 Å². The SMILES string of the molecule is O=c1[nH]c(=O)n([C@@H]2O[C@H](CO)[C@@H](O)[C@H]2O)cc1Br.O=c1[nH]c(=O)n([C@@H]2O[C@H](CO)[C@@H](O)[C@H]2O)cc1I. The van der Waals surface area contributed by atoms with E-state index in [1.165, 1.54) is 6.20 Å². The Morgan fingerprint density at radius 3 is 1.61 bits per heavy atom. The molecule has 2 aromatic rings. The molecule has 200 valence electrons. The first kappa shape index (κ1) is 28.8. The lowest BCUT2D eigenvalue weighted by molar-refractivity contribution is -0.0551. The highest BCUT2D eigenvalue weighted by Gasteiger charge is 2.44. The number of nitrogens with zero attached hydrogens (tertiary/aromatic N) is 2. The minimum absolute atomic E-state index is 0.0832. The molecular formula is C18H22BrIN4O12. The van der Waals surface area contributed by atoms with Crippen LogP contribution in [0.1, 0.15) is 12.5 Å². The second-order valence-corrected chi connectivity index (χ2v) is 9.76. The summed E-state index contributed by atoms with van der Waals surface area (Å²) < 4.78 is 12.6. The van der Waals surface area contributed by atoms with Crippen LogP contribution in [0.15, 0.2) is 36.0 Å². The second-order valence-electron chi connectivity index (χ2n) is 7.74. The highest BCUT2D eigenvalue weighted by molar-refractivity contribution is 14.1. The van der Waals surface area contributed by atoms with Gasteiger partial charge in [0.05, 0.1) is 21.3 Å². The van der Waals surface area contributed by atoms with Gasteiger partial charge in [0, 0.05) is 12.4 Å². The van der Waals surface area contributed by atoms with E-state index in [1.807, 2.05) is 4.98 Å². The smallest absolute Gasteiger partial charge is 0.330 e. The summed E-state index contributed by atoms with van der Waals surface area (Å²) in [5.41, 5.74) is -2.68. The third-order valence-corrected chi connectivity index (χ3v) is 6.76. The number of halogens is 2. The van der Waals surface area contributed by atoms with Gasteiger partial charge in [-0.1, -0.05) is 0 Å². The molecule has 8 atom stereocenters. The van der Waals surface area contributed by atoms with E-state index < -0.39 is 84.8 Å². The van der Waals surface area contributed by atoms with Crippen molar-refractivity contribution in [3.8, 4) is 0 Å². The average Bonchev–Trinajstić information content (AvgIpc) is 3.29. The monoisotopic (exact) mass is 692 g/mol. The first-order valence-electron chi connectivity index (χ1n) is 10.2. The van der Waals surface area contributed by atoms with Crippen molar-refractivity contribution in [2.45, 2.75) is 49.1 Å². The number of aliphatic hydroxyl groups is 6. The molecule has 4 heterocycles. The van der Waals surface area contributed by atoms with Gasteiger partial charge in [0.2, 0.25) is 0 Å². The number of hydrogen-bond acceptors (Lipinski definition) is 12. The van der Waals surface area contributed by atoms with Crippen LogP contribution in [0.4, 0.5) is 0 Å². The summed E-state index contributed by atoms with van der Waals surface area (Å²) >= 11 is 4.67. The first-order valence-corrected chi connectivity index (χ1v) is 12.0. The second kappa shape index (κ2) is 11.8. The Hall–Kier alpha value is -1.75. The van der Waals surface area contributed by atoms with E-state index in [1.54, 1.807) is 22.6 Å². The first-order chi connectivity index (χ1) is 16.9. The Labute approximate surface area is 221 Å². The van der Waals surface area contributed by atoms with Crippen molar-refractivity contribution in [1.82, 2.24) is 19.1 Å². The quantitative estimate of drug-likeness (QED) is 0.142. The van der Waals surface area contributed by atoms with Gasteiger partial charge in [0.15, 0.2) is 12.5 Å². The minimum atomic E-state index is -1.38. The largest absolute Gasteiger partial charge is 0.394 e. The molecule has 0 saturated carbocycles. The van der Waals surface area contributed by atoms with E-state index in [0.717, 1.165) is 15.3 Å². The number of hydrogen-bond donors (Lipinski definition) is 8. The van der Waals surface area contributed by atoms with E-state index in [4.69, 9.17) is 19.7 Å². The molecule has 4 rings (SSSR count). The lowest BCUT2D eigenvalue weighted by Gasteiger charge is -2.17. The lowest BCUT2D eigenvalue weighted by atomic mass is 10.1. The molecule has 2 aromatic heterocycles. The van der Waals surface area contributed by atoms with E-state index in [2.05, 4.69) is 20.9 Å². The number of rotatable bonds is 4. The van der Waals surface area contributed by atoms with E-state index in [-0.39, 0.29) is 8.04 Å². The molecule has 0 unspecified atom stereocenters. The van der Waals surface area contributed by atoms with Gasteiger partial charge >= 0.3 is 11.4 Å². The number of ether oxygens (including phenoxy) is 2. The molecule has 0 bridgehead atoms. The van der Waals surface area contributed by atoms with Crippen molar-refractivity contribution < 1.29 is 40.1 Å². The number of H-pyrrole nitrogens is 2. The summed E-state index contributed by atoms with van der Waals surface area (Å²) in [6, 6.07) is 0. The molecule has 2 fully saturated rings. The topological polar surface area (TPSA) is 250 Å². The summed E-state index contributed by atoms with van der Waals surface area (Å²) in [4.78, 5) is 49.6. The third-order valence-electron chi connectivity index (χ3n) is 5.43. The summed E-state index contributed by atoms with van der Waals surface area (Å²) in [5, 5.41) is 56.5. The number of aromatic nitrogens is 4. The fourth-order valence-corrected chi connectivity index (χ4v) is 4.27. The van der Waals surface area contributed by atoms with Crippen molar-refractivity contribution in [1.29, 1.82) is 0 Å². The van der Waals surface area contributed by atoms with E-state index >= 15 is 0 Å². The van der Waals surface area contributed by atoms with Gasteiger partial charge < -0.3 is 40.1 Å². The summed E-state index contributed by atoms with van der Waals surface area (Å²) in [6.07, 6.45) is -7.23. The van der Waals surface area contributed by atoms with Crippen LogP contribution in [0, 0.1) is 3.57 Å². The van der Waals surface area contributed by atoms with Crippen LogP contribution < -0.4 is 22.5 Å². The van der Waals surface area contributed by atoms with Crippen LogP contribution in [-0.4, -0.2) is 99.6 Å². The van der Waals surface area contributed by atoms with Gasteiger partial charge in [0.25, 0.3) is 11.1 Å². The van der Waals surface area contributed by atoms with Crippen LogP contribution in [0.3, 0.4) is 0 Å². The highest BCUT2D eigenvalue weighted by atomic mass is 127. The van der Waals surface area contributed by atoms with Gasteiger partial charge in [-0.25, -0.2) is 9.59 Å². The summed E-state index contributed by atoms with van der Waals surface area (Å²) in [7, 11) is 0. The van der Waals surface area contributed by atoms with Crippen LogP contribution in [0.25, 0.3) is 0 Å². The number of nitrogens with one attached hydrogen (secondary N) is 2. The molecular weight excluding hydrogens is 671 g/mol. The molecule has 36 heavy (non-hydrogen) atoms. The Balaban J connectivity index is 0.000000201. The predicted octanol–water partition coefficient (Wildman–Crippen LogP) is -4.34. The molecule has 0 spiro atoms. The van der Waals surface area contributed by atoms with E-state index in [9.17, 15) is 39.6 Å². The normalized spacial score (nSPS) is 31.8. The molecule has 2 aliphatic rings. The van der Waals surface area contributed by atoms with E-state index in [0.29, 0.717) is 0 Å². The molecule has 2 aliphatic heterocycles. The van der Waals surface area contributed by atoms with Crippen molar-refractivity contribution in [2.75, 3.05) is 13.2 Å². The van der Waals surface area contributed by atoms with Gasteiger partial charge in [-0.3, -0.25) is 28.7 Å². The Kier molecular flexibility index (Phi) is 9.41. The zero-order valence-electron chi connectivity index (χ0n) is 18.0. The number of aliphatic hydroxyl groups excluding tert-OH is 6. The van der Waals surface area contributed by atoms with Crippen LogP contribution in [0.2, 0.25) is 0 Å². The lowest BCUT2D eigenvalue weighted by Crippen LogP contribution is -2.38. The van der Waals surface area contributed by atoms with Crippen molar-refractivity contribution in [3.05, 3.63) is 62.1 Å². The van der Waals surface area contributed by atoms with Gasteiger partial charge in [0.1, 0.15) is 36.6 Å². The molecule has 0 amide bonds. The summed E-state index contributed by atoms with van der Waals surface area (Å²) in [6.45, 7) is -0.974. The third kappa shape index (κ3) is 5.71. The van der Waals surface area contributed by atoms with Gasteiger partial charge in [-0.15, -0.1) is 0 Å². The van der Waals surface area contributed by atoms with Crippen LogP contribution in [-0.2, 0) is 9.47 Å². The molecule has 0 aromatic carbocycles.